The summed E-state index contributed by atoms with van der Waals surface area (Å²) >= 11 is -2.01. The smallest absolute Gasteiger partial charge is 0.302 e. The average Bonchev–Trinajstić information content (AvgIpc) is 1.53. The van der Waals surface area contributed by atoms with Crippen molar-refractivity contribution < 1.29 is 104 Å². The summed E-state index contributed by atoms with van der Waals surface area (Å²) in [5, 5.41) is 17.6. The van der Waals surface area contributed by atoms with Crippen molar-refractivity contribution >= 4 is 77.8 Å². The summed E-state index contributed by atoms with van der Waals surface area (Å²) in [5.41, 5.74) is -1.32. The molecule has 20 rings (SSSR count). The standard InChI is InChI=1S/C12H18O6S.C10H16O3S.3C9H14O3S.C9H16O3S.C8H12O3S/c1-7-10-12(6-17-8(2)14)4-11(7,5-13)3-9(12)19(15,16)18-10;1-6-8-10(3)5-9(6,2)4-7(10)14(11,12)13-8;1-9(2)5-3-6-7(4-5)13(10,11)12-8(6)9;1-5-6-3-7-9(2,4-6)8(5)12-13(7,10)11;1-5-6-3-7-8(4-6)13(10,11)12-9(5,7)2;1-5-8(10)6-3-9(5,2)4-7(6)13(11)12;1-4-5-2-6-7(3-5)12(9,10)11-8(4)6/h7,9-10,13H,3-6H2,1-2H3;6-8H,4-5H2,1-3H3;3*5-8H,3-4H2,1-2H3;5-8,10H,3-4H2,1-2H3,(H,11,12);4-8H,2-3H2,1H3/p-1. The maximum absolute atomic E-state index is 12.1. The van der Waals surface area contributed by atoms with E-state index in [2.05, 4.69) is 69.2 Å². The molecule has 0 aromatic rings. The van der Waals surface area contributed by atoms with Gasteiger partial charge in [-0.05, 0) is 178 Å². The molecule has 20 fully saturated rings. The fourth-order valence-electron chi connectivity index (χ4n) is 25.6. The fourth-order valence-corrected chi connectivity index (χ4v) is 39.4. The molecule has 0 aromatic heterocycles. The van der Waals surface area contributed by atoms with Crippen LogP contribution in [0.5, 0.6) is 0 Å². The number of carbonyl (C=O) groups excluding carboxylic acids is 1. The minimum absolute atomic E-state index is 0.0154. The third-order valence-electron chi connectivity index (χ3n) is 31.6. The van der Waals surface area contributed by atoms with Gasteiger partial charge in [0, 0.05) is 52.8 Å². The topological polar surface area (TPSA) is 367 Å². The number of rotatable bonds is 4. The summed E-state index contributed by atoms with van der Waals surface area (Å²) in [6, 6.07) is 0. The Morgan fingerprint density at radius 1 is 0.526 bits per heavy atom. The van der Waals surface area contributed by atoms with Gasteiger partial charge in [0.1, 0.15) is 6.61 Å². The lowest BCUT2D eigenvalue weighted by Gasteiger charge is -2.36. The second-order valence-corrected chi connectivity index (χ2v) is 48.1. The molecule has 0 amide bonds. The molecule has 97 heavy (non-hydrogen) atoms. The molecular formula is C66H103O24S7-. The van der Waals surface area contributed by atoms with Gasteiger partial charge in [-0.3, -0.25) is 34.1 Å². The van der Waals surface area contributed by atoms with Crippen molar-refractivity contribution in [3.8, 4) is 0 Å². The molecule has 14 aliphatic carbocycles. The molecular weight excluding hydrogens is 1400 g/mol. The first-order chi connectivity index (χ1) is 44.4. The highest BCUT2D eigenvalue weighted by Gasteiger charge is 2.78. The number of ether oxygens (including phenoxy) is 1. The van der Waals surface area contributed by atoms with Crippen LogP contribution in [0.1, 0.15) is 187 Å². The minimum Gasteiger partial charge on any atom is -0.772 e. The van der Waals surface area contributed by atoms with E-state index in [-0.39, 0.29) is 125 Å². The van der Waals surface area contributed by atoms with E-state index in [0.717, 1.165) is 77.0 Å². The maximum atomic E-state index is 12.1. The van der Waals surface area contributed by atoms with Crippen LogP contribution in [0, 0.1) is 121 Å². The monoisotopic (exact) mass is 1500 g/mol. The first-order valence-electron chi connectivity index (χ1n) is 35.5. The van der Waals surface area contributed by atoms with E-state index in [0.29, 0.717) is 72.0 Å². The molecule has 35 atom stereocenters. The normalized spacial score (nSPS) is 57.7. The molecule has 14 bridgehead atoms. The Balaban J connectivity index is 0.0000000975. The van der Waals surface area contributed by atoms with Gasteiger partial charge in [-0.15, -0.1) is 0 Å². The number of fused-ring (bicyclic) bond motifs is 8. The van der Waals surface area contributed by atoms with Gasteiger partial charge in [-0.2, -0.15) is 50.5 Å². The third kappa shape index (κ3) is 10.3. The van der Waals surface area contributed by atoms with E-state index in [4.69, 9.17) is 29.8 Å². The van der Waals surface area contributed by atoms with Crippen molar-refractivity contribution in [1.82, 2.24) is 0 Å². The number of aliphatic hydroxyl groups is 2. The van der Waals surface area contributed by atoms with Crippen LogP contribution in [0.15, 0.2) is 0 Å². The van der Waals surface area contributed by atoms with Gasteiger partial charge in [0.15, 0.2) is 0 Å². The first-order valence-corrected chi connectivity index (χ1v) is 45.5. The van der Waals surface area contributed by atoms with Crippen molar-refractivity contribution in [2.24, 2.45) is 121 Å². The largest absolute Gasteiger partial charge is 0.772 e. The summed E-state index contributed by atoms with van der Waals surface area (Å²) < 4.78 is 198. The van der Waals surface area contributed by atoms with E-state index in [1.807, 2.05) is 20.8 Å². The van der Waals surface area contributed by atoms with Crippen molar-refractivity contribution in [3.63, 3.8) is 0 Å². The lowest BCUT2D eigenvalue weighted by molar-refractivity contribution is -0.145. The van der Waals surface area contributed by atoms with Gasteiger partial charge < -0.3 is 19.5 Å². The number of hydrogen-bond acceptors (Lipinski definition) is 24. The Kier molecular flexibility index (Phi) is 16.9. The molecule has 24 nitrogen and oxygen atoms in total. The van der Waals surface area contributed by atoms with E-state index in [1.165, 1.54) is 6.92 Å². The van der Waals surface area contributed by atoms with Gasteiger partial charge in [-0.1, -0.05) is 94.2 Å². The van der Waals surface area contributed by atoms with Gasteiger partial charge in [0.2, 0.25) is 0 Å². The van der Waals surface area contributed by atoms with Crippen molar-refractivity contribution in [1.29, 1.82) is 0 Å². The van der Waals surface area contributed by atoms with Crippen molar-refractivity contribution in [3.05, 3.63) is 0 Å². The zero-order valence-corrected chi connectivity index (χ0v) is 63.9. The predicted octanol–water partition coefficient (Wildman–Crippen LogP) is 6.46. The Bertz CT molecular complexity index is 3990. The van der Waals surface area contributed by atoms with Crippen LogP contribution in [-0.4, -0.2) is 168 Å². The van der Waals surface area contributed by atoms with E-state index >= 15 is 0 Å². The zero-order chi connectivity index (χ0) is 71.0. The Hall–Kier alpha value is -1.04. The predicted molar refractivity (Wildman–Crippen MR) is 351 cm³/mol. The number of carbonyl (C=O) groups is 1. The van der Waals surface area contributed by atoms with Gasteiger partial charge in [0.25, 0.3) is 60.7 Å². The number of esters is 1. The third-order valence-corrected chi connectivity index (χ3v) is 43.6. The molecule has 2 N–H and O–H groups in total. The number of hydrogen-bond donors (Lipinski definition) is 2. The lowest BCUT2D eigenvalue weighted by atomic mass is 9.73. The molecule has 554 valence electrons. The molecule has 6 heterocycles. The van der Waals surface area contributed by atoms with Gasteiger partial charge in [0.05, 0.1) is 79.1 Å². The summed E-state index contributed by atoms with van der Waals surface area (Å²) in [5.74, 6) is 4.66. The molecule has 6 aliphatic heterocycles. The molecule has 0 spiro atoms. The summed E-state index contributed by atoms with van der Waals surface area (Å²) in [4.78, 5) is 11.0. The Morgan fingerprint density at radius 3 is 1.65 bits per heavy atom. The van der Waals surface area contributed by atoms with Crippen LogP contribution < -0.4 is 0 Å². The summed E-state index contributed by atoms with van der Waals surface area (Å²) in [6.45, 7) is 28.5. The van der Waals surface area contributed by atoms with E-state index in [9.17, 15) is 74.3 Å². The highest BCUT2D eigenvalue weighted by atomic mass is 32.2. The SMILES string of the molecule is CC(=O)OCC12CC3(CO)CC1S(=O)(=O)OC2C3C.CC1(C)C2CC3C1OS(=O)(=O)C3C2.CC1C(O)C2CC1(C)CC2S(=O)[O-].CC1C2CC3C(C)(C2)C1OS3(=O)=O.CC1C2CC3C(C2)S(=O)(=O)OC13C.CC1C2CC3C1OS(=O)(=O)C3C2.CC1C2OS(=O)(=O)C3CC1(C)CC23C. The van der Waals surface area contributed by atoms with E-state index in [1.54, 1.807) is 0 Å². The van der Waals surface area contributed by atoms with Crippen LogP contribution in [0.25, 0.3) is 0 Å². The quantitative estimate of drug-likeness (QED) is 0.173. The molecule has 14 saturated carbocycles. The molecule has 20 aliphatic rings. The molecule has 6 saturated heterocycles. The molecule has 0 radical (unpaired) electrons. The van der Waals surface area contributed by atoms with Crippen LogP contribution in [0.2, 0.25) is 0 Å². The van der Waals surface area contributed by atoms with Crippen LogP contribution in [-0.2, 0) is 106 Å². The fraction of sp³-hybridized carbons (Fsp3) is 0.985. The van der Waals surface area contributed by atoms with Gasteiger partial charge in [-0.25, -0.2) is 0 Å². The molecule has 31 heteroatoms. The average molecular weight is 1500 g/mol. The molecule has 35 unspecified atom stereocenters. The second kappa shape index (κ2) is 22.5. The summed E-state index contributed by atoms with van der Waals surface area (Å²) in [7, 11) is -19.7. The lowest BCUT2D eigenvalue weighted by Crippen LogP contribution is -2.44. The minimum atomic E-state index is -3.62. The zero-order valence-electron chi connectivity index (χ0n) is 58.1. The van der Waals surface area contributed by atoms with Crippen LogP contribution in [0.4, 0.5) is 0 Å². The second-order valence-electron chi connectivity index (χ2n) is 36.4. The first kappa shape index (κ1) is 72.9. The summed E-state index contributed by atoms with van der Waals surface area (Å²) in [6.07, 6.45) is 10.9. The van der Waals surface area contributed by atoms with Crippen molar-refractivity contribution in [2.75, 3.05) is 13.2 Å². The van der Waals surface area contributed by atoms with E-state index < -0.39 is 106 Å². The van der Waals surface area contributed by atoms with Gasteiger partial charge >= 0.3 is 5.97 Å². The number of aliphatic hydroxyl groups excluding tert-OH is 2. The van der Waals surface area contributed by atoms with Crippen LogP contribution in [0.3, 0.4) is 0 Å². The highest BCUT2D eigenvalue weighted by Crippen LogP contribution is 2.73. The maximum Gasteiger partial charge on any atom is 0.302 e. The van der Waals surface area contributed by atoms with Crippen LogP contribution >= 0.6 is 0 Å². The highest BCUT2D eigenvalue weighted by molar-refractivity contribution is 7.89. The van der Waals surface area contributed by atoms with Crippen molar-refractivity contribution in [2.45, 2.75) is 266 Å². The Morgan fingerprint density at radius 2 is 1.12 bits per heavy atom. The Labute approximate surface area is 577 Å². The molecule has 0 aromatic carbocycles.